The Morgan fingerprint density at radius 1 is 1.18 bits per heavy atom. The summed E-state index contributed by atoms with van der Waals surface area (Å²) < 4.78 is 5.69. The standard InChI is InChI=1S/C26H36N4O3/c1-16-17(2)24(33-13-12-31)11-10-22(16)18(3)30-20-8-9-21(30)15-19(14-20)28-26(32)23-6-5-7-25(27-4)29-23/h5-7,10-11,18-21,31H,8-9,12-15H2,1-4H3,(H,27,29)(H,28,32). The molecular weight excluding hydrogens is 416 g/mol. The first-order valence-electron chi connectivity index (χ1n) is 12.0. The molecule has 3 N–H and O–H groups in total. The van der Waals surface area contributed by atoms with Crippen LogP contribution in [0.25, 0.3) is 0 Å². The van der Waals surface area contributed by atoms with Gasteiger partial charge in [-0.3, -0.25) is 9.69 Å². The van der Waals surface area contributed by atoms with Crippen LogP contribution in [0.4, 0.5) is 5.82 Å². The van der Waals surface area contributed by atoms with Crippen molar-refractivity contribution in [3.8, 4) is 5.75 Å². The molecule has 1 aromatic carbocycles. The number of carbonyl (C=O) groups excluding carboxylic acids is 1. The number of carbonyl (C=O) groups is 1. The molecule has 0 spiro atoms. The molecular formula is C26H36N4O3. The predicted octanol–water partition coefficient (Wildman–Crippen LogP) is 3.60. The summed E-state index contributed by atoms with van der Waals surface area (Å²) in [7, 11) is 1.80. The maximum Gasteiger partial charge on any atom is 0.270 e. The lowest BCUT2D eigenvalue weighted by Gasteiger charge is -2.43. The van der Waals surface area contributed by atoms with E-state index in [2.05, 4.69) is 47.4 Å². The number of aliphatic hydroxyl groups is 1. The van der Waals surface area contributed by atoms with E-state index < -0.39 is 0 Å². The Hall–Kier alpha value is -2.64. The molecule has 2 bridgehead atoms. The minimum atomic E-state index is -0.0945. The number of aliphatic hydroxyl groups excluding tert-OH is 1. The maximum atomic E-state index is 12.8. The van der Waals surface area contributed by atoms with E-state index in [9.17, 15) is 4.79 Å². The highest BCUT2D eigenvalue weighted by Gasteiger charge is 2.43. The fourth-order valence-corrected chi connectivity index (χ4v) is 5.67. The van der Waals surface area contributed by atoms with Gasteiger partial charge in [0, 0.05) is 31.2 Å². The highest BCUT2D eigenvalue weighted by molar-refractivity contribution is 5.92. The van der Waals surface area contributed by atoms with E-state index in [1.165, 1.54) is 24.0 Å². The average Bonchev–Trinajstić information content (AvgIpc) is 3.09. The molecule has 1 aromatic heterocycles. The van der Waals surface area contributed by atoms with Crippen molar-refractivity contribution in [2.45, 2.75) is 70.6 Å². The number of nitrogens with zero attached hydrogens (tertiary/aromatic N) is 2. The van der Waals surface area contributed by atoms with Crippen LogP contribution in [-0.4, -0.2) is 59.3 Å². The minimum Gasteiger partial charge on any atom is -0.491 e. The van der Waals surface area contributed by atoms with Crippen molar-refractivity contribution in [3.05, 3.63) is 52.7 Å². The molecule has 178 valence electrons. The summed E-state index contributed by atoms with van der Waals surface area (Å²) >= 11 is 0. The zero-order chi connectivity index (χ0) is 23.5. The van der Waals surface area contributed by atoms with Crippen molar-refractivity contribution in [1.82, 2.24) is 15.2 Å². The number of fused-ring (bicyclic) bond motifs is 2. The van der Waals surface area contributed by atoms with Crippen molar-refractivity contribution >= 4 is 11.7 Å². The van der Waals surface area contributed by atoms with Crippen molar-refractivity contribution in [2.75, 3.05) is 25.6 Å². The van der Waals surface area contributed by atoms with E-state index >= 15 is 0 Å². The van der Waals surface area contributed by atoms with Crippen LogP contribution in [-0.2, 0) is 0 Å². The maximum absolute atomic E-state index is 12.8. The third-order valence-electron chi connectivity index (χ3n) is 7.39. The molecule has 0 saturated carbocycles. The number of hydrogen-bond donors (Lipinski definition) is 3. The van der Waals surface area contributed by atoms with Crippen LogP contribution in [0.1, 0.15) is 65.8 Å². The number of hydrogen-bond acceptors (Lipinski definition) is 6. The fraction of sp³-hybridized carbons (Fsp3) is 0.538. The second kappa shape index (κ2) is 10.1. The first kappa shape index (κ1) is 23.5. The van der Waals surface area contributed by atoms with E-state index in [4.69, 9.17) is 9.84 Å². The van der Waals surface area contributed by atoms with Crippen LogP contribution in [0.5, 0.6) is 5.75 Å². The molecule has 0 aliphatic carbocycles. The number of pyridine rings is 1. The Morgan fingerprint density at radius 2 is 1.91 bits per heavy atom. The molecule has 2 aliphatic rings. The fourth-order valence-electron chi connectivity index (χ4n) is 5.67. The number of anilines is 1. The van der Waals surface area contributed by atoms with Crippen LogP contribution in [0.2, 0.25) is 0 Å². The van der Waals surface area contributed by atoms with Crippen molar-refractivity contribution < 1.29 is 14.6 Å². The Morgan fingerprint density at radius 3 is 2.58 bits per heavy atom. The SMILES string of the molecule is CNc1cccc(C(=O)NC2CC3CCC(C2)N3C(C)c2ccc(OCCO)c(C)c2C)n1. The molecule has 2 fully saturated rings. The van der Waals surface area contributed by atoms with Crippen molar-refractivity contribution in [3.63, 3.8) is 0 Å². The molecule has 4 rings (SSSR count). The second-order valence-electron chi connectivity index (χ2n) is 9.28. The summed E-state index contributed by atoms with van der Waals surface area (Å²) in [5.74, 6) is 1.45. The van der Waals surface area contributed by atoms with E-state index in [1.54, 1.807) is 13.1 Å². The number of ether oxygens (including phenoxy) is 1. The number of nitrogens with one attached hydrogen (secondary N) is 2. The van der Waals surface area contributed by atoms with Gasteiger partial charge in [0.1, 0.15) is 23.9 Å². The van der Waals surface area contributed by atoms with E-state index in [1.807, 2.05) is 18.2 Å². The zero-order valence-corrected chi connectivity index (χ0v) is 20.1. The van der Waals surface area contributed by atoms with Crippen LogP contribution in [0, 0.1) is 13.8 Å². The molecule has 3 atom stereocenters. The Bertz CT molecular complexity index is 981. The summed E-state index contributed by atoms with van der Waals surface area (Å²) in [6.07, 6.45) is 4.28. The Labute approximate surface area is 196 Å². The molecule has 7 nitrogen and oxygen atoms in total. The summed E-state index contributed by atoms with van der Waals surface area (Å²) in [4.78, 5) is 19.8. The summed E-state index contributed by atoms with van der Waals surface area (Å²) in [6.45, 7) is 6.88. The lowest BCUT2D eigenvalue weighted by Crippen LogP contribution is -2.51. The number of benzene rings is 1. The third kappa shape index (κ3) is 4.84. The largest absolute Gasteiger partial charge is 0.491 e. The van der Waals surface area contributed by atoms with Gasteiger partial charge in [-0.1, -0.05) is 12.1 Å². The van der Waals surface area contributed by atoms with Gasteiger partial charge in [0.2, 0.25) is 0 Å². The van der Waals surface area contributed by atoms with Crippen molar-refractivity contribution in [2.24, 2.45) is 0 Å². The summed E-state index contributed by atoms with van der Waals surface area (Å²) in [6, 6.07) is 11.1. The van der Waals surface area contributed by atoms with Crippen LogP contribution in [0.15, 0.2) is 30.3 Å². The zero-order valence-electron chi connectivity index (χ0n) is 20.1. The molecule has 3 heterocycles. The monoisotopic (exact) mass is 452 g/mol. The molecule has 2 saturated heterocycles. The van der Waals surface area contributed by atoms with Gasteiger partial charge < -0.3 is 20.5 Å². The van der Waals surface area contributed by atoms with Crippen molar-refractivity contribution in [1.29, 1.82) is 0 Å². The highest BCUT2D eigenvalue weighted by Crippen LogP contribution is 2.43. The van der Waals surface area contributed by atoms with Gasteiger partial charge in [0.15, 0.2) is 0 Å². The lowest BCUT2D eigenvalue weighted by atomic mass is 9.91. The topological polar surface area (TPSA) is 86.7 Å². The normalized spacial score (nSPS) is 23.2. The third-order valence-corrected chi connectivity index (χ3v) is 7.39. The summed E-state index contributed by atoms with van der Waals surface area (Å²) in [5, 5.41) is 15.3. The first-order valence-corrected chi connectivity index (χ1v) is 12.0. The molecule has 1 amide bonds. The van der Waals surface area contributed by atoms with Gasteiger partial charge in [-0.2, -0.15) is 0 Å². The summed E-state index contributed by atoms with van der Waals surface area (Å²) in [5.41, 5.74) is 4.18. The van der Waals surface area contributed by atoms with Gasteiger partial charge >= 0.3 is 0 Å². The first-order chi connectivity index (χ1) is 15.9. The highest BCUT2D eigenvalue weighted by atomic mass is 16.5. The Balaban J connectivity index is 1.44. The van der Waals surface area contributed by atoms with Gasteiger partial charge in [0.25, 0.3) is 5.91 Å². The molecule has 33 heavy (non-hydrogen) atoms. The Kier molecular flexibility index (Phi) is 7.20. The quantitative estimate of drug-likeness (QED) is 0.567. The molecule has 0 radical (unpaired) electrons. The van der Waals surface area contributed by atoms with Crippen LogP contribution < -0.4 is 15.4 Å². The molecule has 2 aliphatic heterocycles. The number of amides is 1. The second-order valence-corrected chi connectivity index (χ2v) is 9.28. The number of rotatable bonds is 8. The van der Waals surface area contributed by atoms with Crippen LogP contribution in [0.3, 0.4) is 0 Å². The molecule has 2 aromatic rings. The predicted molar refractivity (Wildman–Crippen MR) is 130 cm³/mol. The van der Waals surface area contributed by atoms with E-state index in [-0.39, 0.29) is 18.6 Å². The molecule has 7 heteroatoms. The number of aromatic nitrogens is 1. The smallest absolute Gasteiger partial charge is 0.270 e. The number of piperidine rings is 1. The lowest BCUT2D eigenvalue weighted by molar-refractivity contribution is 0.0687. The molecule has 3 unspecified atom stereocenters. The minimum absolute atomic E-state index is 0.0163. The van der Waals surface area contributed by atoms with Gasteiger partial charge in [0.05, 0.1) is 6.61 Å². The van der Waals surface area contributed by atoms with Gasteiger partial charge in [-0.25, -0.2) is 4.98 Å². The van der Waals surface area contributed by atoms with Crippen LogP contribution >= 0.6 is 0 Å². The van der Waals surface area contributed by atoms with Gasteiger partial charge in [-0.05, 0) is 81.3 Å². The van der Waals surface area contributed by atoms with E-state index in [0.717, 1.165) is 24.2 Å². The van der Waals surface area contributed by atoms with Gasteiger partial charge in [-0.15, -0.1) is 0 Å². The average molecular weight is 453 g/mol. The van der Waals surface area contributed by atoms with E-state index in [0.29, 0.717) is 36.2 Å².